The van der Waals surface area contributed by atoms with Crippen LogP contribution in [0.2, 0.25) is 0 Å². The standard InChI is InChI=1S/C16H16N2O3/c1-11-5-6-15(20)13(7-11)10-17-18-16(21)9-12-3-2-4-14(19)8-12/h2-8,10,19-20H,9H2,1H3,(H,18,21)/b17-10+. The average molecular weight is 284 g/mol. The fourth-order valence-electron chi connectivity index (χ4n) is 1.84. The number of nitrogens with zero attached hydrogens (tertiary/aromatic N) is 1. The first-order valence-electron chi connectivity index (χ1n) is 6.44. The second-order valence-electron chi connectivity index (χ2n) is 4.70. The van der Waals surface area contributed by atoms with Crippen LogP contribution in [-0.2, 0) is 11.2 Å². The first-order valence-corrected chi connectivity index (χ1v) is 6.44. The molecule has 0 unspecified atom stereocenters. The van der Waals surface area contributed by atoms with Crippen molar-refractivity contribution in [3.05, 3.63) is 59.2 Å². The second-order valence-corrected chi connectivity index (χ2v) is 4.70. The first kappa shape index (κ1) is 14.6. The molecule has 2 aromatic rings. The van der Waals surface area contributed by atoms with Crippen molar-refractivity contribution in [1.29, 1.82) is 0 Å². The number of phenols is 2. The van der Waals surface area contributed by atoms with Gasteiger partial charge in [0.2, 0.25) is 5.91 Å². The third-order valence-electron chi connectivity index (χ3n) is 2.85. The van der Waals surface area contributed by atoms with Gasteiger partial charge >= 0.3 is 0 Å². The average Bonchev–Trinajstić information content (AvgIpc) is 2.42. The van der Waals surface area contributed by atoms with Crippen molar-refractivity contribution in [2.45, 2.75) is 13.3 Å². The largest absolute Gasteiger partial charge is 0.508 e. The Balaban J connectivity index is 1.94. The van der Waals surface area contributed by atoms with E-state index in [2.05, 4.69) is 10.5 Å². The Labute approximate surface area is 122 Å². The molecule has 5 nitrogen and oxygen atoms in total. The molecule has 2 aromatic carbocycles. The second kappa shape index (κ2) is 6.56. The summed E-state index contributed by atoms with van der Waals surface area (Å²) in [5.41, 5.74) is 4.60. The zero-order valence-corrected chi connectivity index (χ0v) is 11.6. The molecule has 2 rings (SSSR count). The predicted molar refractivity (Wildman–Crippen MR) is 80.4 cm³/mol. The third kappa shape index (κ3) is 4.35. The molecule has 3 N–H and O–H groups in total. The Bertz CT molecular complexity index is 681. The Kier molecular flexibility index (Phi) is 4.56. The number of aryl methyl sites for hydroxylation is 1. The number of amides is 1. The highest BCUT2D eigenvalue weighted by molar-refractivity contribution is 5.85. The molecular formula is C16H16N2O3. The quantitative estimate of drug-likeness (QED) is 0.594. The van der Waals surface area contributed by atoms with Crippen LogP contribution < -0.4 is 5.43 Å². The number of phenolic OH excluding ortho intramolecular Hbond substituents is 2. The Hall–Kier alpha value is -2.82. The number of carbonyl (C=O) groups is 1. The zero-order valence-electron chi connectivity index (χ0n) is 11.6. The van der Waals surface area contributed by atoms with Gasteiger partial charge in [0.15, 0.2) is 0 Å². The van der Waals surface area contributed by atoms with Crippen LogP contribution in [0.25, 0.3) is 0 Å². The SMILES string of the molecule is Cc1ccc(O)c(/C=N/NC(=O)Cc2cccc(O)c2)c1. The molecule has 0 aliphatic rings. The molecule has 108 valence electrons. The number of hydrazone groups is 1. The van der Waals surface area contributed by atoms with E-state index < -0.39 is 0 Å². The molecule has 0 aromatic heterocycles. The van der Waals surface area contributed by atoms with E-state index in [-0.39, 0.29) is 23.8 Å². The van der Waals surface area contributed by atoms with Gasteiger partial charge in [0, 0.05) is 5.56 Å². The van der Waals surface area contributed by atoms with Crippen molar-refractivity contribution in [2.24, 2.45) is 5.10 Å². The fourth-order valence-corrected chi connectivity index (χ4v) is 1.84. The minimum Gasteiger partial charge on any atom is -0.508 e. The minimum absolute atomic E-state index is 0.103. The van der Waals surface area contributed by atoms with Gasteiger partial charge in [-0.25, -0.2) is 5.43 Å². The fraction of sp³-hybridized carbons (Fsp3) is 0.125. The minimum atomic E-state index is -0.302. The number of nitrogens with one attached hydrogen (secondary N) is 1. The lowest BCUT2D eigenvalue weighted by Crippen LogP contribution is -2.19. The van der Waals surface area contributed by atoms with E-state index in [1.54, 1.807) is 36.4 Å². The monoisotopic (exact) mass is 284 g/mol. The number of benzene rings is 2. The summed E-state index contributed by atoms with van der Waals surface area (Å²) >= 11 is 0. The van der Waals surface area contributed by atoms with E-state index in [1.165, 1.54) is 12.3 Å². The van der Waals surface area contributed by atoms with Gasteiger partial charge in [0.25, 0.3) is 0 Å². The molecule has 5 heteroatoms. The summed E-state index contributed by atoms with van der Waals surface area (Å²) in [6, 6.07) is 11.6. The van der Waals surface area contributed by atoms with Crippen LogP contribution in [-0.4, -0.2) is 22.3 Å². The molecule has 0 radical (unpaired) electrons. The van der Waals surface area contributed by atoms with E-state index in [4.69, 9.17) is 0 Å². The van der Waals surface area contributed by atoms with E-state index in [0.29, 0.717) is 11.1 Å². The van der Waals surface area contributed by atoms with Crippen LogP contribution >= 0.6 is 0 Å². The van der Waals surface area contributed by atoms with Gasteiger partial charge in [-0.2, -0.15) is 5.10 Å². The number of hydrogen-bond acceptors (Lipinski definition) is 4. The topological polar surface area (TPSA) is 81.9 Å². The summed E-state index contributed by atoms with van der Waals surface area (Å²) in [6.45, 7) is 1.90. The molecule has 0 spiro atoms. The molecule has 0 aliphatic heterocycles. The van der Waals surface area contributed by atoms with Crippen LogP contribution in [0.15, 0.2) is 47.6 Å². The molecule has 0 fully saturated rings. The maximum Gasteiger partial charge on any atom is 0.244 e. The highest BCUT2D eigenvalue weighted by Crippen LogP contribution is 2.15. The van der Waals surface area contributed by atoms with Gasteiger partial charge in [-0.3, -0.25) is 4.79 Å². The van der Waals surface area contributed by atoms with Crippen molar-refractivity contribution in [3.63, 3.8) is 0 Å². The Morgan fingerprint density at radius 2 is 2.05 bits per heavy atom. The van der Waals surface area contributed by atoms with Gasteiger partial charge < -0.3 is 10.2 Å². The van der Waals surface area contributed by atoms with E-state index in [1.807, 2.05) is 6.92 Å². The van der Waals surface area contributed by atoms with Crippen molar-refractivity contribution in [3.8, 4) is 11.5 Å². The maximum atomic E-state index is 11.7. The van der Waals surface area contributed by atoms with Crippen molar-refractivity contribution >= 4 is 12.1 Å². The molecule has 0 heterocycles. The molecule has 0 aliphatic carbocycles. The van der Waals surface area contributed by atoms with Crippen LogP contribution in [0, 0.1) is 6.92 Å². The number of hydrogen-bond donors (Lipinski definition) is 3. The van der Waals surface area contributed by atoms with E-state index in [0.717, 1.165) is 5.56 Å². The lowest BCUT2D eigenvalue weighted by Gasteiger charge is -2.02. The summed E-state index contributed by atoms with van der Waals surface area (Å²) in [4.78, 5) is 11.7. The molecule has 1 amide bonds. The normalized spacial score (nSPS) is 10.7. The number of aromatic hydroxyl groups is 2. The molecule has 0 atom stereocenters. The molecule has 0 bridgehead atoms. The first-order chi connectivity index (χ1) is 10.0. The molecular weight excluding hydrogens is 268 g/mol. The van der Waals surface area contributed by atoms with E-state index >= 15 is 0 Å². The maximum absolute atomic E-state index is 11.7. The van der Waals surface area contributed by atoms with Gasteiger partial charge in [0.05, 0.1) is 12.6 Å². The van der Waals surface area contributed by atoms with Crippen molar-refractivity contribution in [2.75, 3.05) is 0 Å². The number of carbonyl (C=O) groups excluding carboxylic acids is 1. The summed E-state index contributed by atoms with van der Waals surface area (Å²) in [6.07, 6.45) is 1.51. The Morgan fingerprint density at radius 1 is 1.24 bits per heavy atom. The molecule has 21 heavy (non-hydrogen) atoms. The zero-order chi connectivity index (χ0) is 15.2. The van der Waals surface area contributed by atoms with Crippen LogP contribution in [0.1, 0.15) is 16.7 Å². The highest BCUT2D eigenvalue weighted by Gasteiger charge is 2.03. The molecule has 0 saturated carbocycles. The Morgan fingerprint density at radius 3 is 2.81 bits per heavy atom. The smallest absolute Gasteiger partial charge is 0.244 e. The van der Waals surface area contributed by atoms with Gasteiger partial charge in [-0.05, 0) is 36.8 Å². The summed E-state index contributed by atoms with van der Waals surface area (Å²) in [5.74, 6) is -0.0796. The van der Waals surface area contributed by atoms with E-state index in [9.17, 15) is 15.0 Å². The van der Waals surface area contributed by atoms with Crippen molar-refractivity contribution < 1.29 is 15.0 Å². The van der Waals surface area contributed by atoms with Crippen LogP contribution in [0.5, 0.6) is 11.5 Å². The summed E-state index contributed by atoms with van der Waals surface area (Å²) in [5, 5.41) is 22.8. The van der Waals surface area contributed by atoms with Gasteiger partial charge in [-0.15, -0.1) is 0 Å². The van der Waals surface area contributed by atoms with Crippen LogP contribution in [0.4, 0.5) is 0 Å². The highest BCUT2D eigenvalue weighted by atomic mass is 16.3. The van der Waals surface area contributed by atoms with Gasteiger partial charge in [-0.1, -0.05) is 23.8 Å². The third-order valence-corrected chi connectivity index (χ3v) is 2.85. The lowest BCUT2D eigenvalue weighted by molar-refractivity contribution is -0.120. The van der Waals surface area contributed by atoms with Crippen molar-refractivity contribution in [1.82, 2.24) is 5.43 Å². The predicted octanol–water partition coefficient (Wildman–Crippen LogP) is 2.10. The van der Waals surface area contributed by atoms with Crippen LogP contribution in [0.3, 0.4) is 0 Å². The summed E-state index contributed by atoms with van der Waals surface area (Å²) < 4.78 is 0. The van der Waals surface area contributed by atoms with Gasteiger partial charge in [0.1, 0.15) is 11.5 Å². The lowest BCUT2D eigenvalue weighted by atomic mass is 10.1. The number of rotatable bonds is 4. The molecule has 0 saturated heterocycles. The summed E-state index contributed by atoms with van der Waals surface area (Å²) in [7, 11) is 0.